The molecule has 0 amide bonds. The number of nitrogens with one attached hydrogen (secondary N) is 1. The van der Waals surface area contributed by atoms with Gasteiger partial charge < -0.3 is 5.32 Å². The largest absolute Gasteiger partial charge is 0.306 e. The lowest BCUT2D eigenvalue weighted by molar-refractivity contribution is 0.574. The molecule has 20 heavy (non-hydrogen) atoms. The van der Waals surface area contributed by atoms with Gasteiger partial charge in [-0.25, -0.2) is 0 Å². The fraction of sp³-hybridized carbons (Fsp3) is 0.368. The van der Waals surface area contributed by atoms with Gasteiger partial charge in [0, 0.05) is 12.6 Å². The van der Waals surface area contributed by atoms with E-state index in [0.29, 0.717) is 6.04 Å². The first kappa shape index (κ1) is 14.8. The molecule has 106 valence electrons. The molecule has 0 aliphatic carbocycles. The Kier molecular flexibility index (Phi) is 5.37. The summed E-state index contributed by atoms with van der Waals surface area (Å²) in [6.45, 7) is 7.65. The molecule has 0 saturated heterocycles. The predicted molar refractivity (Wildman–Crippen MR) is 86.7 cm³/mol. The molecule has 0 radical (unpaired) electrons. The minimum atomic E-state index is 0.381. The van der Waals surface area contributed by atoms with E-state index in [-0.39, 0.29) is 0 Å². The van der Waals surface area contributed by atoms with Crippen LogP contribution in [-0.4, -0.2) is 0 Å². The van der Waals surface area contributed by atoms with Gasteiger partial charge in [0.15, 0.2) is 0 Å². The van der Waals surface area contributed by atoms with Crippen LogP contribution in [-0.2, 0) is 13.0 Å². The van der Waals surface area contributed by atoms with Crippen LogP contribution in [0, 0.1) is 5.92 Å². The van der Waals surface area contributed by atoms with Gasteiger partial charge in [0.05, 0.1) is 0 Å². The Balaban J connectivity index is 1.88. The third-order valence-electron chi connectivity index (χ3n) is 3.58. The summed E-state index contributed by atoms with van der Waals surface area (Å²) in [5.74, 6) is 0.720. The second-order valence-electron chi connectivity index (χ2n) is 5.93. The van der Waals surface area contributed by atoms with Crippen LogP contribution < -0.4 is 5.32 Å². The van der Waals surface area contributed by atoms with Crippen molar-refractivity contribution in [2.45, 2.75) is 39.8 Å². The minimum Gasteiger partial charge on any atom is -0.306 e. The molecule has 0 saturated carbocycles. The third kappa shape index (κ3) is 4.50. The molecule has 0 aliphatic rings. The van der Waals surface area contributed by atoms with Crippen LogP contribution in [0.4, 0.5) is 0 Å². The molecule has 0 aromatic heterocycles. The summed E-state index contributed by atoms with van der Waals surface area (Å²) in [5.41, 5.74) is 4.11. The van der Waals surface area contributed by atoms with Crippen LogP contribution in [0.2, 0.25) is 0 Å². The number of rotatable bonds is 6. The summed E-state index contributed by atoms with van der Waals surface area (Å²) in [6.07, 6.45) is 1.16. The monoisotopic (exact) mass is 267 g/mol. The Morgan fingerprint density at radius 2 is 1.40 bits per heavy atom. The van der Waals surface area contributed by atoms with E-state index in [2.05, 4.69) is 80.7 Å². The fourth-order valence-corrected chi connectivity index (χ4v) is 2.40. The van der Waals surface area contributed by atoms with Crippen molar-refractivity contribution in [3.8, 4) is 0 Å². The Hall–Kier alpha value is -1.60. The van der Waals surface area contributed by atoms with E-state index < -0.39 is 0 Å². The van der Waals surface area contributed by atoms with Crippen molar-refractivity contribution in [2.24, 2.45) is 5.92 Å². The summed E-state index contributed by atoms with van der Waals surface area (Å²) in [5, 5.41) is 3.58. The van der Waals surface area contributed by atoms with Crippen molar-refractivity contribution >= 4 is 0 Å². The highest BCUT2D eigenvalue weighted by molar-refractivity contribution is 5.23. The van der Waals surface area contributed by atoms with Crippen molar-refractivity contribution in [3.63, 3.8) is 0 Å². The van der Waals surface area contributed by atoms with Gasteiger partial charge in [0.25, 0.3) is 0 Å². The highest BCUT2D eigenvalue weighted by atomic mass is 14.9. The van der Waals surface area contributed by atoms with Crippen molar-refractivity contribution < 1.29 is 0 Å². The Morgan fingerprint density at radius 1 is 0.800 bits per heavy atom. The molecule has 2 aromatic rings. The predicted octanol–water partition coefficient (Wildman–Crippen LogP) is 4.74. The first-order valence-electron chi connectivity index (χ1n) is 7.51. The van der Waals surface area contributed by atoms with Gasteiger partial charge in [0.1, 0.15) is 0 Å². The van der Waals surface area contributed by atoms with E-state index in [9.17, 15) is 0 Å². The maximum absolute atomic E-state index is 3.58. The van der Waals surface area contributed by atoms with Crippen LogP contribution >= 0.6 is 0 Å². The van der Waals surface area contributed by atoms with Gasteiger partial charge in [-0.3, -0.25) is 0 Å². The SMILES string of the molecule is CC(C)Cc1ccc(CNC(C)c2ccccc2)cc1. The Labute approximate surface area is 123 Å². The molecule has 1 N–H and O–H groups in total. The summed E-state index contributed by atoms with van der Waals surface area (Å²) in [6, 6.07) is 19.9. The standard InChI is InChI=1S/C19H25N/c1-15(2)13-17-9-11-18(12-10-17)14-20-16(3)19-7-5-4-6-8-19/h4-12,15-16,20H,13-14H2,1-3H3. The zero-order chi connectivity index (χ0) is 14.4. The molecule has 0 fully saturated rings. The number of hydrogen-bond acceptors (Lipinski definition) is 1. The second kappa shape index (κ2) is 7.25. The summed E-state index contributed by atoms with van der Waals surface area (Å²) in [7, 11) is 0. The zero-order valence-corrected chi connectivity index (χ0v) is 12.8. The number of hydrogen-bond donors (Lipinski definition) is 1. The molecular weight excluding hydrogens is 242 g/mol. The van der Waals surface area contributed by atoms with Gasteiger partial charge in [-0.2, -0.15) is 0 Å². The van der Waals surface area contributed by atoms with Gasteiger partial charge >= 0.3 is 0 Å². The van der Waals surface area contributed by atoms with E-state index in [4.69, 9.17) is 0 Å². The van der Waals surface area contributed by atoms with Gasteiger partial charge in [-0.15, -0.1) is 0 Å². The van der Waals surface area contributed by atoms with E-state index in [1.807, 2.05) is 0 Å². The maximum Gasteiger partial charge on any atom is 0.0294 e. The highest BCUT2D eigenvalue weighted by Crippen LogP contribution is 2.13. The van der Waals surface area contributed by atoms with E-state index in [1.165, 1.54) is 16.7 Å². The van der Waals surface area contributed by atoms with E-state index in [1.54, 1.807) is 0 Å². The zero-order valence-electron chi connectivity index (χ0n) is 12.8. The smallest absolute Gasteiger partial charge is 0.0294 e. The lowest BCUT2D eigenvalue weighted by atomic mass is 10.0. The Morgan fingerprint density at radius 3 is 2.00 bits per heavy atom. The van der Waals surface area contributed by atoms with Crippen molar-refractivity contribution in [3.05, 3.63) is 71.3 Å². The van der Waals surface area contributed by atoms with Crippen LogP contribution in [0.25, 0.3) is 0 Å². The second-order valence-corrected chi connectivity index (χ2v) is 5.93. The Bertz CT molecular complexity index is 499. The molecule has 0 heterocycles. The van der Waals surface area contributed by atoms with Crippen molar-refractivity contribution in [2.75, 3.05) is 0 Å². The van der Waals surface area contributed by atoms with Crippen LogP contribution in [0.3, 0.4) is 0 Å². The van der Waals surface area contributed by atoms with Gasteiger partial charge in [0.2, 0.25) is 0 Å². The van der Waals surface area contributed by atoms with Gasteiger partial charge in [-0.05, 0) is 36.0 Å². The summed E-state index contributed by atoms with van der Waals surface area (Å²) >= 11 is 0. The summed E-state index contributed by atoms with van der Waals surface area (Å²) in [4.78, 5) is 0. The van der Waals surface area contributed by atoms with Gasteiger partial charge in [-0.1, -0.05) is 68.4 Å². The number of benzene rings is 2. The fourth-order valence-electron chi connectivity index (χ4n) is 2.40. The molecule has 1 nitrogen and oxygen atoms in total. The van der Waals surface area contributed by atoms with Crippen molar-refractivity contribution in [1.82, 2.24) is 5.32 Å². The van der Waals surface area contributed by atoms with Crippen LogP contribution in [0.1, 0.15) is 43.5 Å². The molecule has 1 unspecified atom stereocenters. The van der Waals surface area contributed by atoms with Crippen LogP contribution in [0.15, 0.2) is 54.6 Å². The molecule has 1 heteroatoms. The lowest BCUT2D eigenvalue weighted by Crippen LogP contribution is -2.17. The molecule has 1 atom stereocenters. The van der Waals surface area contributed by atoms with E-state index >= 15 is 0 Å². The lowest BCUT2D eigenvalue weighted by Gasteiger charge is -2.14. The van der Waals surface area contributed by atoms with Crippen molar-refractivity contribution in [1.29, 1.82) is 0 Å². The average Bonchev–Trinajstić information content (AvgIpc) is 2.46. The first-order chi connectivity index (χ1) is 9.65. The molecule has 0 aliphatic heterocycles. The third-order valence-corrected chi connectivity index (χ3v) is 3.58. The minimum absolute atomic E-state index is 0.381. The quantitative estimate of drug-likeness (QED) is 0.797. The first-order valence-corrected chi connectivity index (χ1v) is 7.51. The molecular formula is C19H25N. The van der Waals surface area contributed by atoms with E-state index in [0.717, 1.165) is 18.9 Å². The molecule has 0 spiro atoms. The average molecular weight is 267 g/mol. The molecule has 2 aromatic carbocycles. The molecule has 0 bridgehead atoms. The maximum atomic E-state index is 3.58. The summed E-state index contributed by atoms with van der Waals surface area (Å²) < 4.78 is 0. The van der Waals surface area contributed by atoms with Crippen LogP contribution in [0.5, 0.6) is 0 Å². The normalized spacial score (nSPS) is 12.6. The highest BCUT2D eigenvalue weighted by Gasteiger charge is 2.04. The molecule has 2 rings (SSSR count). The topological polar surface area (TPSA) is 12.0 Å².